The fraction of sp³-hybridized carbons (Fsp3) is 1.00. The molecule has 4 heteroatoms. The van der Waals surface area contributed by atoms with E-state index in [-0.39, 0.29) is 6.10 Å². The van der Waals surface area contributed by atoms with Crippen LogP contribution in [0.1, 0.15) is 6.92 Å². The smallest absolute Gasteiger partial charge is 0.0900 e. The second kappa shape index (κ2) is 6.32. The van der Waals surface area contributed by atoms with Gasteiger partial charge in [0.15, 0.2) is 0 Å². The summed E-state index contributed by atoms with van der Waals surface area (Å²) in [5.41, 5.74) is 0. The fourth-order valence-electron chi connectivity index (χ4n) is 1.50. The van der Waals surface area contributed by atoms with Crippen molar-refractivity contribution in [3.05, 3.63) is 0 Å². The van der Waals surface area contributed by atoms with E-state index in [4.69, 9.17) is 4.74 Å². The first-order chi connectivity index (χ1) is 6.33. The van der Waals surface area contributed by atoms with Gasteiger partial charge in [0.2, 0.25) is 0 Å². The monoisotopic (exact) mass is 188 g/mol. The Labute approximate surface area is 79.9 Å². The number of aliphatic hydroxyl groups is 1. The third kappa shape index (κ3) is 4.57. The van der Waals surface area contributed by atoms with Gasteiger partial charge in [0.1, 0.15) is 0 Å². The molecule has 1 fully saturated rings. The topological polar surface area (TPSA) is 44.7 Å². The zero-order chi connectivity index (χ0) is 9.52. The van der Waals surface area contributed by atoms with Gasteiger partial charge in [0.25, 0.3) is 0 Å². The molecule has 2 N–H and O–H groups in total. The Balaban J connectivity index is 2.07. The largest absolute Gasteiger partial charge is 0.389 e. The highest BCUT2D eigenvalue weighted by Crippen LogP contribution is 1.95. The SMILES string of the molecule is CCOC[C@@H](O)CN1CCNCC1. The molecular formula is C9H20N2O2. The lowest BCUT2D eigenvalue weighted by Crippen LogP contribution is -2.47. The summed E-state index contributed by atoms with van der Waals surface area (Å²) in [7, 11) is 0. The van der Waals surface area contributed by atoms with E-state index in [9.17, 15) is 5.11 Å². The van der Waals surface area contributed by atoms with Crippen molar-refractivity contribution in [1.29, 1.82) is 0 Å². The number of rotatable bonds is 5. The fourth-order valence-corrected chi connectivity index (χ4v) is 1.50. The molecule has 0 saturated carbocycles. The van der Waals surface area contributed by atoms with Crippen molar-refractivity contribution in [3.63, 3.8) is 0 Å². The average Bonchev–Trinajstić information content (AvgIpc) is 2.16. The van der Waals surface area contributed by atoms with Gasteiger partial charge in [-0.1, -0.05) is 0 Å². The zero-order valence-electron chi connectivity index (χ0n) is 8.33. The normalized spacial score (nSPS) is 21.7. The lowest BCUT2D eigenvalue weighted by molar-refractivity contribution is 0.0191. The molecule has 13 heavy (non-hydrogen) atoms. The van der Waals surface area contributed by atoms with E-state index in [1.165, 1.54) is 0 Å². The summed E-state index contributed by atoms with van der Waals surface area (Å²) in [5, 5.41) is 12.8. The van der Waals surface area contributed by atoms with E-state index >= 15 is 0 Å². The number of ether oxygens (including phenoxy) is 1. The van der Waals surface area contributed by atoms with Crippen LogP contribution in [0, 0.1) is 0 Å². The van der Waals surface area contributed by atoms with E-state index in [1.807, 2.05) is 6.92 Å². The number of nitrogens with one attached hydrogen (secondary N) is 1. The van der Waals surface area contributed by atoms with Crippen LogP contribution in [0.4, 0.5) is 0 Å². The molecule has 78 valence electrons. The molecular weight excluding hydrogens is 168 g/mol. The van der Waals surface area contributed by atoms with Gasteiger partial charge in [0, 0.05) is 39.3 Å². The number of hydrogen-bond donors (Lipinski definition) is 2. The Morgan fingerprint density at radius 3 is 2.77 bits per heavy atom. The second-order valence-corrected chi connectivity index (χ2v) is 3.36. The van der Waals surface area contributed by atoms with E-state index in [1.54, 1.807) is 0 Å². The Bertz CT molecular complexity index is 127. The maximum absolute atomic E-state index is 9.55. The van der Waals surface area contributed by atoms with Gasteiger partial charge in [-0.3, -0.25) is 4.90 Å². The summed E-state index contributed by atoms with van der Waals surface area (Å²) in [4.78, 5) is 2.26. The van der Waals surface area contributed by atoms with Crippen LogP contribution in [0.5, 0.6) is 0 Å². The maximum Gasteiger partial charge on any atom is 0.0900 e. The minimum absolute atomic E-state index is 0.335. The van der Waals surface area contributed by atoms with E-state index in [0.29, 0.717) is 13.2 Å². The van der Waals surface area contributed by atoms with Gasteiger partial charge in [-0.15, -0.1) is 0 Å². The molecule has 1 aliphatic heterocycles. The standard InChI is InChI=1S/C9H20N2O2/c1-2-13-8-9(12)7-11-5-3-10-4-6-11/h9-10,12H,2-8H2,1H3/t9-/m0/s1. The van der Waals surface area contributed by atoms with Gasteiger partial charge in [0.05, 0.1) is 12.7 Å². The third-order valence-corrected chi connectivity index (χ3v) is 2.19. The van der Waals surface area contributed by atoms with Crippen LogP contribution in [0.15, 0.2) is 0 Å². The first-order valence-corrected chi connectivity index (χ1v) is 5.01. The lowest BCUT2D eigenvalue weighted by Gasteiger charge is -2.28. The molecule has 4 nitrogen and oxygen atoms in total. The highest BCUT2D eigenvalue weighted by Gasteiger charge is 2.13. The van der Waals surface area contributed by atoms with Crippen molar-refractivity contribution in [2.24, 2.45) is 0 Å². The van der Waals surface area contributed by atoms with E-state index in [0.717, 1.165) is 32.7 Å². The Kier molecular flexibility index (Phi) is 5.31. The molecule has 0 aromatic rings. The molecule has 0 unspecified atom stereocenters. The summed E-state index contributed by atoms with van der Waals surface area (Å²) in [6.45, 7) is 7.94. The van der Waals surface area contributed by atoms with Crippen molar-refractivity contribution in [2.45, 2.75) is 13.0 Å². The minimum atomic E-state index is -0.335. The van der Waals surface area contributed by atoms with Crippen LogP contribution in [-0.2, 0) is 4.74 Å². The Hall–Kier alpha value is -0.160. The van der Waals surface area contributed by atoms with Crippen molar-refractivity contribution in [2.75, 3.05) is 45.9 Å². The van der Waals surface area contributed by atoms with Crippen molar-refractivity contribution >= 4 is 0 Å². The van der Waals surface area contributed by atoms with Crippen molar-refractivity contribution in [1.82, 2.24) is 10.2 Å². The molecule has 0 amide bonds. The van der Waals surface area contributed by atoms with Gasteiger partial charge in [-0.2, -0.15) is 0 Å². The predicted octanol–water partition coefficient (Wildman–Crippen LogP) is -0.711. The third-order valence-electron chi connectivity index (χ3n) is 2.19. The summed E-state index contributed by atoms with van der Waals surface area (Å²) in [5.74, 6) is 0. The summed E-state index contributed by atoms with van der Waals surface area (Å²) < 4.78 is 5.14. The predicted molar refractivity (Wildman–Crippen MR) is 51.8 cm³/mol. The molecule has 1 rings (SSSR count). The molecule has 1 saturated heterocycles. The summed E-state index contributed by atoms with van der Waals surface area (Å²) >= 11 is 0. The molecule has 0 spiro atoms. The van der Waals surface area contributed by atoms with Crippen LogP contribution in [0.2, 0.25) is 0 Å². The minimum Gasteiger partial charge on any atom is -0.389 e. The van der Waals surface area contributed by atoms with Crippen LogP contribution in [0.25, 0.3) is 0 Å². The van der Waals surface area contributed by atoms with Crippen molar-refractivity contribution in [3.8, 4) is 0 Å². The van der Waals surface area contributed by atoms with Crippen LogP contribution < -0.4 is 5.32 Å². The molecule has 0 bridgehead atoms. The van der Waals surface area contributed by atoms with Crippen LogP contribution >= 0.6 is 0 Å². The number of aliphatic hydroxyl groups excluding tert-OH is 1. The highest BCUT2D eigenvalue weighted by molar-refractivity contribution is 4.70. The van der Waals surface area contributed by atoms with Gasteiger partial charge in [-0.05, 0) is 6.92 Å². The maximum atomic E-state index is 9.55. The molecule has 0 aromatic carbocycles. The van der Waals surface area contributed by atoms with E-state index in [2.05, 4.69) is 10.2 Å². The number of β-amino-alcohol motifs (C(OH)–C–C–N with tert-alkyl or cyclic N) is 1. The lowest BCUT2D eigenvalue weighted by atomic mass is 10.3. The first kappa shape index (κ1) is 10.9. The molecule has 0 aliphatic carbocycles. The highest BCUT2D eigenvalue weighted by atomic mass is 16.5. The van der Waals surface area contributed by atoms with Gasteiger partial charge < -0.3 is 15.2 Å². The first-order valence-electron chi connectivity index (χ1n) is 5.01. The number of piperazine rings is 1. The Morgan fingerprint density at radius 2 is 2.15 bits per heavy atom. The quantitative estimate of drug-likeness (QED) is 0.598. The molecule has 1 atom stereocenters. The number of hydrogen-bond acceptors (Lipinski definition) is 4. The van der Waals surface area contributed by atoms with Crippen LogP contribution in [0.3, 0.4) is 0 Å². The summed E-state index contributed by atoms with van der Waals surface area (Å²) in [6, 6.07) is 0. The van der Waals surface area contributed by atoms with Gasteiger partial charge >= 0.3 is 0 Å². The average molecular weight is 188 g/mol. The van der Waals surface area contributed by atoms with Crippen molar-refractivity contribution < 1.29 is 9.84 Å². The molecule has 0 aromatic heterocycles. The zero-order valence-corrected chi connectivity index (χ0v) is 8.33. The molecule has 1 heterocycles. The number of nitrogens with zero attached hydrogens (tertiary/aromatic N) is 1. The van der Waals surface area contributed by atoms with Crippen LogP contribution in [-0.4, -0.2) is 62.0 Å². The molecule has 1 aliphatic rings. The summed E-state index contributed by atoms with van der Waals surface area (Å²) in [6.07, 6.45) is -0.335. The van der Waals surface area contributed by atoms with Gasteiger partial charge in [-0.25, -0.2) is 0 Å². The Morgan fingerprint density at radius 1 is 1.46 bits per heavy atom. The second-order valence-electron chi connectivity index (χ2n) is 3.36. The molecule has 0 radical (unpaired) electrons. The van der Waals surface area contributed by atoms with E-state index < -0.39 is 0 Å².